The van der Waals surface area contributed by atoms with E-state index in [4.69, 9.17) is 49.2 Å². The molecule has 3 aliphatic rings. The fraction of sp³-hybridized carbons (Fsp3) is 0.354. The summed E-state index contributed by atoms with van der Waals surface area (Å²) in [6.07, 6.45) is 0.0901. The van der Waals surface area contributed by atoms with Gasteiger partial charge in [0.25, 0.3) is 11.8 Å². The highest BCUT2D eigenvalue weighted by Crippen LogP contribution is 2.38. The molecule has 0 bridgehead atoms. The number of imide groups is 2. The Kier molecular flexibility index (Phi) is 15.5. The molecular formula is C48H48ClN3O15S. The van der Waals surface area contributed by atoms with Crippen molar-refractivity contribution in [3.05, 3.63) is 105 Å². The van der Waals surface area contributed by atoms with Crippen LogP contribution in [0.1, 0.15) is 40.5 Å². The highest BCUT2D eigenvalue weighted by molar-refractivity contribution is 7.89. The third-order valence-corrected chi connectivity index (χ3v) is 13.5. The average molecular weight is 974 g/mol. The summed E-state index contributed by atoms with van der Waals surface area (Å²) in [7, 11) is -3.68. The zero-order chi connectivity index (χ0) is 47.8. The summed E-state index contributed by atoms with van der Waals surface area (Å²) < 4.78 is 73.6. The number of carbonyl (C=O) groups is 4. The zero-order valence-electron chi connectivity index (χ0n) is 37.0. The van der Waals surface area contributed by atoms with Crippen LogP contribution in [-0.4, -0.2) is 133 Å². The van der Waals surface area contributed by atoms with Gasteiger partial charge in [0, 0.05) is 42.8 Å². The number of halogens is 1. The Labute approximate surface area is 395 Å². The molecule has 8 rings (SSSR count). The smallest absolute Gasteiger partial charge is 0.266 e. The van der Waals surface area contributed by atoms with E-state index in [1.54, 1.807) is 66.7 Å². The number of carbonyl (C=O) groups excluding carboxylic acids is 4. The van der Waals surface area contributed by atoms with Gasteiger partial charge in [0.2, 0.25) is 21.8 Å². The Morgan fingerprint density at radius 1 is 0.721 bits per heavy atom. The zero-order valence-corrected chi connectivity index (χ0v) is 38.6. The van der Waals surface area contributed by atoms with Gasteiger partial charge in [-0.25, -0.2) is 8.42 Å². The van der Waals surface area contributed by atoms with Crippen LogP contribution >= 0.6 is 11.6 Å². The highest BCUT2D eigenvalue weighted by Gasteiger charge is 2.46. The minimum atomic E-state index is -3.68. The van der Waals surface area contributed by atoms with E-state index in [1.165, 1.54) is 16.4 Å². The van der Waals surface area contributed by atoms with Crippen LogP contribution < -0.4 is 25.0 Å². The maximum Gasteiger partial charge on any atom is 0.266 e. The van der Waals surface area contributed by atoms with Gasteiger partial charge in [0.15, 0.2) is 5.43 Å². The molecule has 0 spiro atoms. The van der Waals surface area contributed by atoms with Crippen LogP contribution in [0.15, 0.2) is 93.0 Å². The SMILES string of the molecule is CCOc1cc2oc(-c3ccc(OCCOCCOCCOCCOc4cccc5c4C(=O)N(C4CCC(=O)NC4=O)C5=O)cc3Cl)cc(=O)c2cc1-c1ccc(S(=O)(=O)N2CCOCC2)cc1. The number of amides is 4. The number of nitrogens with zero attached hydrogens (tertiary/aromatic N) is 2. The molecule has 0 saturated carbocycles. The molecule has 20 heteroatoms. The van der Waals surface area contributed by atoms with Crippen LogP contribution in [0.4, 0.5) is 0 Å². The quantitative estimate of drug-likeness (QED) is 0.0747. The number of hydrogen-bond donors (Lipinski definition) is 1. The van der Waals surface area contributed by atoms with Crippen molar-refractivity contribution in [3.63, 3.8) is 0 Å². The summed E-state index contributed by atoms with van der Waals surface area (Å²) in [5.74, 6) is -0.990. The molecule has 4 heterocycles. The summed E-state index contributed by atoms with van der Waals surface area (Å²) >= 11 is 6.67. The van der Waals surface area contributed by atoms with Crippen molar-refractivity contribution < 1.29 is 65.2 Å². The predicted molar refractivity (Wildman–Crippen MR) is 246 cm³/mol. The largest absolute Gasteiger partial charge is 0.493 e. The Morgan fingerprint density at radius 2 is 1.41 bits per heavy atom. The lowest BCUT2D eigenvalue weighted by Gasteiger charge is -2.27. The van der Waals surface area contributed by atoms with Gasteiger partial charge in [-0.2, -0.15) is 4.31 Å². The number of morpholine rings is 1. The van der Waals surface area contributed by atoms with Gasteiger partial charge in [-0.3, -0.25) is 34.2 Å². The Balaban J connectivity index is 0.751. The van der Waals surface area contributed by atoms with E-state index >= 15 is 0 Å². The molecule has 2 saturated heterocycles. The standard InChI is InChI=1S/C48H48ClN3O15S/c1-2-64-41-29-43-36(27-35(41)30-6-9-32(10-7-30)68(58,59)51-14-16-60-17-15-51)39(53)28-42(67-43)33-11-8-31(26-37(33)49)65-24-22-62-20-18-61-19-21-63-23-25-66-40-5-3-4-34-45(40)48(57)52(47(34)56)38-12-13-44(54)50-46(38)55/h3-11,26-29,38H,2,12-25H2,1H3,(H,50,54,55). The molecular weight excluding hydrogens is 926 g/mol. The van der Waals surface area contributed by atoms with Crippen molar-refractivity contribution in [3.8, 4) is 39.7 Å². The van der Waals surface area contributed by atoms with Gasteiger partial charge in [0.1, 0.15) is 47.8 Å². The third kappa shape index (κ3) is 10.7. The molecule has 18 nitrogen and oxygen atoms in total. The van der Waals surface area contributed by atoms with Gasteiger partial charge in [-0.05, 0) is 67.4 Å². The third-order valence-electron chi connectivity index (χ3n) is 11.3. The number of benzene rings is 4. The molecule has 4 aromatic carbocycles. The summed E-state index contributed by atoms with van der Waals surface area (Å²) in [6, 6.07) is 19.8. The van der Waals surface area contributed by atoms with Gasteiger partial charge < -0.3 is 37.6 Å². The molecule has 68 heavy (non-hydrogen) atoms. The van der Waals surface area contributed by atoms with Crippen molar-refractivity contribution in [2.45, 2.75) is 30.7 Å². The normalized spacial score (nSPS) is 16.6. The minimum absolute atomic E-state index is 0.0293. The number of piperidine rings is 1. The van der Waals surface area contributed by atoms with Crippen LogP contribution in [0.5, 0.6) is 17.2 Å². The van der Waals surface area contributed by atoms with Gasteiger partial charge in [-0.1, -0.05) is 29.8 Å². The van der Waals surface area contributed by atoms with Crippen molar-refractivity contribution in [1.82, 2.24) is 14.5 Å². The van der Waals surface area contributed by atoms with Crippen molar-refractivity contribution in [2.75, 3.05) is 85.8 Å². The molecule has 3 aliphatic heterocycles. The van der Waals surface area contributed by atoms with Crippen LogP contribution in [0.2, 0.25) is 5.02 Å². The van der Waals surface area contributed by atoms with E-state index in [9.17, 15) is 32.4 Å². The number of nitrogens with one attached hydrogen (secondary N) is 1. The number of rotatable bonds is 21. The summed E-state index contributed by atoms with van der Waals surface area (Å²) in [4.78, 5) is 64.7. The van der Waals surface area contributed by atoms with Crippen LogP contribution in [-0.2, 0) is 38.6 Å². The first-order chi connectivity index (χ1) is 32.9. The van der Waals surface area contributed by atoms with E-state index in [0.29, 0.717) is 91.3 Å². The fourth-order valence-corrected chi connectivity index (χ4v) is 9.59. The molecule has 4 amide bonds. The number of hydrogen-bond acceptors (Lipinski definition) is 15. The van der Waals surface area contributed by atoms with Crippen LogP contribution in [0.3, 0.4) is 0 Å². The molecule has 0 aliphatic carbocycles. The first-order valence-corrected chi connectivity index (χ1v) is 23.8. The highest BCUT2D eigenvalue weighted by atomic mass is 35.5. The second kappa shape index (κ2) is 21.8. The Hall–Kier alpha value is -6.19. The van der Waals surface area contributed by atoms with Gasteiger partial charge in [-0.15, -0.1) is 0 Å². The fourth-order valence-electron chi connectivity index (χ4n) is 7.92. The van der Waals surface area contributed by atoms with E-state index in [2.05, 4.69) is 5.32 Å². The van der Waals surface area contributed by atoms with Crippen molar-refractivity contribution in [1.29, 1.82) is 0 Å². The molecule has 1 aromatic heterocycles. The lowest BCUT2D eigenvalue weighted by molar-refractivity contribution is -0.136. The molecule has 5 aromatic rings. The first kappa shape index (κ1) is 48.3. The summed E-state index contributed by atoms with van der Waals surface area (Å²) in [6.45, 7) is 5.44. The second-order valence-corrected chi connectivity index (χ2v) is 17.9. The van der Waals surface area contributed by atoms with Crippen LogP contribution in [0, 0.1) is 0 Å². The minimum Gasteiger partial charge on any atom is -0.493 e. The Morgan fingerprint density at radius 3 is 2.09 bits per heavy atom. The second-order valence-electron chi connectivity index (χ2n) is 15.6. The summed E-state index contributed by atoms with van der Waals surface area (Å²) in [5.41, 5.74) is 1.95. The molecule has 358 valence electrons. The Bertz CT molecular complexity index is 2870. The maximum atomic E-state index is 13.5. The molecule has 0 radical (unpaired) electrons. The lowest BCUT2D eigenvalue weighted by atomic mass is 10.0. The number of ether oxygens (including phenoxy) is 7. The molecule has 1 N–H and O–H groups in total. The van der Waals surface area contributed by atoms with E-state index in [-0.39, 0.29) is 84.4 Å². The lowest BCUT2D eigenvalue weighted by Crippen LogP contribution is -2.54. The number of fused-ring (bicyclic) bond motifs is 2. The van der Waals surface area contributed by atoms with Crippen molar-refractivity contribution >= 4 is 56.2 Å². The summed E-state index contributed by atoms with van der Waals surface area (Å²) in [5, 5.41) is 2.79. The number of sulfonamides is 1. The first-order valence-electron chi connectivity index (χ1n) is 22.0. The van der Waals surface area contributed by atoms with Crippen molar-refractivity contribution in [2.24, 2.45) is 0 Å². The topological polar surface area (TPSA) is 216 Å². The molecule has 1 atom stereocenters. The maximum absolute atomic E-state index is 13.5. The molecule has 1 unspecified atom stereocenters. The van der Waals surface area contributed by atoms with Gasteiger partial charge >= 0.3 is 0 Å². The van der Waals surface area contributed by atoms with E-state index in [0.717, 1.165) is 4.90 Å². The van der Waals surface area contributed by atoms with Gasteiger partial charge in [0.05, 0.1) is 85.9 Å². The van der Waals surface area contributed by atoms with E-state index < -0.39 is 39.7 Å². The average Bonchev–Trinajstić information content (AvgIpc) is 3.59. The van der Waals surface area contributed by atoms with Crippen LogP contribution in [0.25, 0.3) is 33.4 Å². The van der Waals surface area contributed by atoms with E-state index in [1.807, 2.05) is 6.92 Å². The predicted octanol–water partition coefficient (Wildman–Crippen LogP) is 5.11. The monoisotopic (exact) mass is 973 g/mol. The molecule has 2 fully saturated rings.